The van der Waals surface area contributed by atoms with Gasteiger partial charge in [0.2, 0.25) is 5.95 Å². The third-order valence-corrected chi connectivity index (χ3v) is 4.69. The number of rotatable bonds is 9. The lowest BCUT2D eigenvalue weighted by atomic mass is 10.1. The molecule has 4 rings (SSSR count). The van der Waals surface area contributed by atoms with Crippen LogP contribution in [-0.2, 0) is 22.7 Å². The summed E-state index contributed by atoms with van der Waals surface area (Å²) in [5.74, 6) is -0.920. The predicted octanol–water partition coefficient (Wildman–Crippen LogP) is 2.36. The molecule has 0 aliphatic heterocycles. The Labute approximate surface area is 194 Å². The quantitative estimate of drug-likeness (QED) is 0.384. The third kappa shape index (κ3) is 5.56. The van der Waals surface area contributed by atoms with Gasteiger partial charge in [-0.3, -0.25) is 9.78 Å². The van der Waals surface area contributed by atoms with Crippen LogP contribution in [-0.4, -0.2) is 54.7 Å². The van der Waals surface area contributed by atoms with E-state index < -0.39 is 5.97 Å². The molecular formula is C23H20N8O3. The number of hydrogen-bond donors (Lipinski definition) is 2. The summed E-state index contributed by atoms with van der Waals surface area (Å²) < 4.78 is 6.77. The number of methoxy groups -OCH3 is 1. The van der Waals surface area contributed by atoms with E-state index in [1.807, 2.05) is 24.3 Å². The molecule has 0 aliphatic carbocycles. The minimum absolute atomic E-state index is 0.126. The highest BCUT2D eigenvalue weighted by Gasteiger charge is 2.13. The molecule has 3 heterocycles. The molecule has 34 heavy (non-hydrogen) atoms. The molecule has 0 fully saturated rings. The lowest BCUT2D eigenvalue weighted by Crippen LogP contribution is -2.14. The predicted molar refractivity (Wildman–Crippen MR) is 121 cm³/mol. The Kier molecular flexibility index (Phi) is 6.81. The zero-order valence-electron chi connectivity index (χ0n) is 18.2. The van der Waals surface area contributed by atoms with Crippen LogP contribution in [0, 0.1) is 11.3 Å². The van der Waals surface area contributed by atoms with E-state index in [0.29, 0.717) is 41.4 Å². The number of hydrogen-bond acceptors (Lipinski definition) is 9. The van der Waals surface area contributed by atoms with E-state index in [-0.39, 0.29) is 12.5 Å². The molecule has 0 saturated carbocycles. The van der Waals surface area contributed by atoms with Crippen molar-refractivity contribution < 1.29 is 14.6 Å². The lowest BCUT2D eigenvalue weighted by Gasteiger charge is -2.08. The molecule has 3 aromatic heterocycles. The van der Waals surface area contributed by atoms with Crippen molar-refractivity contribution in [3.63, 3.8) is 0 Å². The van der Waals surface area contributed by atoms with E-state index in [1.165, 1.54) is 0 Å². The van der Waals surface area contributed by atoms with E-state index in [9.17, 15) is 10.1 Å². The normalized spacial score (nSPS) is 10.6. The molecule has 4 aromatic rings. The van der Waals surface area contributed by atoms with Crippen LogP contribution >= 0.6 is 0 Å². The molecule has 0 saturated heterocycles. The number of nitriles is 1. The second-order valence-corrected chi connectivity index (χ2v) is 7.26. The second-order valence-electron chi connectivity index (χ2n) is 7.26. The fraction of sp³-hybridized carbons (Fsp3) is 0.174. The van der Waals surface area contributed by atoms with Crippen LogP contribution in [0.25, 0.3) is 22.6 Å². The highest BCUT2D eigenvalue weighted by molar-refractivity contribution is 5.73. The summed E-state index contributed by atoms with van der Waals surface area (Å²) in [6, 6.07) is 16.4. The highest BCUT2D eigenvalue weighted by atomic mass is 16.5. The number of aliphatic carboxylic acids is 1. The molecule has 11 nitrogen and oxygen atoms in total. The molecule has 0 atom stereocenters. The summed E-state index contributed by atoms with van der Waals surface area (Å²) in [7, 11) is 1.62. The van der Waals surface area contributed by atoms with Crippen LogP contribution in [0.3, 0.4) is 0 Å². The smallest absolute Gasteiger partial charge is 0.322 e. The fourth-order valence-electron chi connectivity index (χ4n) is 3.21. The monoisotopic (exact) mass is 456 g/mol. The molecule has 11 heteroatoms. The molecule has 0 radical (unpaired) electrons. The van der Waals surface area contributed by atoms with Gasteiger partial charge in [-0.25, -0.2) is 14.6 Å². The van der Waals surface area contributed by atoms with Gasteiger partial charge >= 0.3 is 5.97 Å². The number of nitrogens with zero attached hydrogens (tertiary/aromatic N) is 7. The van der Waals surface area contributed by atoms with Crippen LogP contribution in [0.15, 0.2) is 54.7 Å². The Morgan fingerprint density at radius 3 is 2.68 bits per heavy atom. The Morgan fingerprint density at radius 1 is 1.09 bits per heavy atom. The van der Waals surface area contributed by atoms with Gasteiger partial charge in [0, 0.05) is 12.7 Å². The Hall–Kier alpha value is -4.69. The van der Waals surface area contributed by atoms with E-state index in [0.717, 1.165) is 11.4 Å². The first-order valence-electron chi connectivity index (χ1n) is 10.2. The lowest BCUT2D eigenvalue weighted by molar-refractivity contribution is -0.134. The first-order chi connectivity index (χ1) is 16.5. The summed E-state index contributed by atoms with van der Waals surface area (Å²) in [6.45, 7) is 0.466. The second kappa shape index (κ2) is 10.3. The van der Waals surface area contributed by atoms with Crippen LogP contribution in [0.1, 0.15) is 17.0 Å². The molecule has 0 unspecified atom stereocenters. The molecule has 0 bridgehead atoms. The number of carbonyl (C=O) groups is 1. The van der Waals surface area contributed by atoms with Gasteiger partial charge in [-0.05, 0) is 30.3 Å². The van der Waals surface area contributed by atoms with E-state index in [4.69, 9.17) is 9.84 Å². The van der Waals surface area contributed by atoms with Crippen molar-refractivity contribution in [2.45, 2.75) is 13.2 Å². The summed E-state index contributed by atoms with van der Waals surface area (Å²) in [5.41, 5.74) is 4.22. The molecule has 2 N–H and O–H groups in total. The molecular weight excluding hydrogens is 436 g/mol. The number of benzene rings is 1. The number of carboxylic acid groups (broad SMARTS) is 1. The van der Waals surface area contributed by atoms with Crippen LogP contribution in [0.2, 0.25) is 0 Å². The number of anilines is 1. The largest absolute Gasteiger partial charge is 0.480 e. The van der Waals surface area contributed by atoms with Gasteiger partial charge in [-0.1, -0.05) is 23.4 Å². The zero-order chi connectivity index (χ0) is 23.9. The molecule has 1 aromatic carbocycles. The summed E-state index contributed by atoms with van der Waals surface area (Å²) in [4.78, 5) is 24.4. The van der Waals surface area contributed by atoms with Crippen molar-refractivity contribution in [3.8, 4) is 28.7 Å². The van der Waals surface area contributed by atoms with E-state index in [1.54, 1.807) is 42.3 Å². The molecule has 0 spiro atoms. The third-order valence-electron chi connectivity index (χ3n) is 4.69. The number of aromatic nitrogens is 6. The average molecular weight is 456 g/mol. The fourth-order valence-corrected chi connectivity index (χ4v) is 3.21. The van der Waals surface area contributed by atoms with Gasteiger partial charge in [0.15, 0.2) is 0 Å². The first kappa shape index (κ1) is 22.5. The van der Waals surface area contributed by atoms with Gasteiger partial charge in [-0.15, -0.1) is 5.10 Å². The van der Waals surface area contributed by atoms with Crippen molar-refractivity contribution in [2.24, 2.45) is 0 Å². The number of nitrogens with one attached hydrogen (secondary N) is 1. The van der Waals surface area contributed by atoms with Crippen LogP contribution in [0.4, 0.5) is 5.95 Å². The van der Waals surface area contributed by atoms with Crippen molar-refractivity contribution >= 4 is 11.9 Å². The Bertz CT molecular complexity index is 1360. The van der Waals surface area contributed by atoms with E-state index >= 15 is 0 Å². The van der Waals surface area contributed by atoms with Gasteiger partial charge in [0.25, 0.3) is 0 Å². The first-order valence-corrected chi connectivity index (χ1v) is 10.2. The highest BCUT2D eigenvalue weighted by Crippen LogP contribution is 2.25. The Morgan fingerprint density at radius 2 is 1.88 bits per heavy atom. The summed E-state index contributed by atoms with van der Waals surface area (Å²) in [6.07, 6.45) is 1.73. The summed E-state index contributed by atoms with van der Waals surface area (Å²) >= 11 is 0. The minimum Gasteiger partial charge on any atom is -0.480 e. The maximum atomic E-state index is 11.0. The number of carboxylic acids is 1. The minimum atomic E-state index is -1.05. The molecule has 0 amide bonds. The number of ether oxygens (including phenoxy) is 1. The maximum Gasteiger partial charge on any atom is 0.322 e. The van der Waals surface area contributed by atoms with Gasteiger partial charge < -0.3 is 15.2 Å². The molecule has 0 aliphatic rings. The zero-order valence-corrected chi connectivity index (χ0v) is 18.2. The maximum absolute atomic E-state index is 11.0. The van der Waals surface area contributed by atoms with Gasteiger partial charge in [0.1, 0.15) is 12.2 Å². The summed E-state index contributed by atoms with van der Waals surface area (Å²) in [5, 5.41) is 29.3. The topological polar surface area (TPSA) is 152 Å². The standard InChI is InChI=1S/C23H20N8O3/c1-34-14-18-7-3-6-17(26-18)12-31-13-21(29-30-31)20-9-19(16-5-2-4-15(8-16)10-24)27-23(28-20)25-11-22(32)33/h2-9,13H,11-12,14H2,1H3,(H,32,33)(H,25,27,28). The van der Waals surface area contributed by atoms with Crippen molar-refractivity contribution in [1.29, 1.82) is 5.26 Å². The van der Waals surface area contributed by atoms with Crippen LogP contribution in [0.5, 0.6) is 0 Å². The average Bonchev–Trinajstić information content (AvgIpc) is 3.31. The van der Waals surface area contributed by atoms with Crippen molar-refractivity contribution in [1.82, 2.24) is 29.9 Å². The van der Waals surface area contributed by atoms with Crippen molar-refractivity contribution in [3.05, 3.63) is 71.7 Å². The molecule has 170 valence electrons. The van der Waals surface area contributed by atoms with Crippen molar-refractivity contribution in [2.75, 3.05) is 19.0 Å². The van der Waals surface area contributed by atoms with Gasteiger partial charge in [-0.2, -0.15) is 5.26 Å². The number of pyridine rings is 1. The van der Waals surface area contributed by atoms with Gasteiger partial charge in [0.05, 0.1) is 53.8 Å². The van der Waals surface area contributed by atoms with E-state index in [2.05, 4.69) is 36.7 Å². The van der Waals surface area contributed by atoms with Crippen LogP contribution < -0.4 is 5.32 Å². The Balaban J connectivity index is 1.66. The SMILES string of the molecule is COCc1cccc(Cn2cc(-c3cc(-c4cccc(C#N)c4)nc(NCC(=O)O)n3)nn2)n1.